The van der Waals surface area contributed by atoms with E-state index in [1.165, 1.54) is 12.1 Å². The van der Waals surface area contributed by atoms with Crippen LogP contribution in [0.4, 0.5) is 10.1 Å². The number of halogens is 1. The Balaban J connectivity index is 1.87. The molecule has 0 unspecified atom stereocenters. The summed E-state index contributed by atoms with van der Waals surface area (Å²) in [7, 11) is 1.83. The Morgan fingerprint density at radius 3 is 2.67 bits per heavy atom. The zero-order valence-electron chi connectivity index (χ0n) is 12.3. The van der Waals surface area contributed by atoms with E-state index in [1.807, 2.05) is 49.2 Å². The molecule has 0 radical (unpaired) electrons. The Morgan fingerprint density at radius 2 is 1.95 bits per heavy atom. The van der Waals surface area contributed by atoms with Crippen molar-refractivity contribution in [3.05, 3.63) is 65.5 Å². The average Bonchev–Trinajstić information content (AvgIpc) is 2.38. The summed E-state index contributed by atoms with van der Waals surface area (Å²) in [6.07, 6.45) is 0. The molecule has 2 rings (SSSR count). The Kier molecular flexibility index (Phi) is 5.06. The highest BCUT2D eigenvalue weighted by molar-refractivity contribution is 5.92. The van der Waals surface area contributed by atoms with E-state index >= 15 is 0 Å². The molecule has 0 aliphatic carbocycles. The first kappa shape index (κ1) is 15.2. The lowest BCUT2D eigenvalue weighted by atomic mass is 10.2. The van der Waals surface area contributed by atoms with E-state index < -0.39 is 0 Å². The highest BCUT2D eigenvalue weighted by atomic mass is 19.1. The molecule has 0 aliphatic rings. The first-order chi connectivity index (χ1) is 10.0. The molecule has 110 valence electrons. The standard InChI is InChI=1S/C17H19FN2O/c1-13-5-3-8-16(9-13)19-17(21)12-20(2)11-14-6-4-7-15(18)10-14/h3-10H,11-12H2,1-2H3,(H,19,21). The van der Waals surface area contributed by atoms with Crippen LogP contribution in [0, 0.1) is 12.7 Å². The number of benzene rings is 2. The second kappa shape index (κ2) is 6.99. The highest BCUT2D eigenvalue weighted by Gasteiger charge is 2.08. The van der Waals surface area contributed by atoms with Crippen molar-refractivity contribution < 1.29 is 9.18 Å². The van der Waals surface area contributed by atoms with Crippen LogP contribution in [0.2, 0.25) is 0 Å². The molecule has 3 nitrogen and oxygen atoms in total. The Bertz CT molecular complexity index is 628. The van der Waals surface area contributed by atoms with E-state index in [4.69, 9.17) is 0 Å². The molecule has 2 aromatic carbocycles. The van der Waals surface area contributed by atoms with Gasteiger partial charge < -0.3 is 5.32 Å². The molecule has 2 aromatic rings. The number of carbonyl (C=O) groups excluding carboxylic acids is 1. The summed E-state index contributed by atoms with van der Waals surface area (Å²) in [5.41, 5.74) is 2.74. The molecule has 0 fully saturated rings. The number of rotatable bonds is 5. The lowest BCUT2D eigenvalue weighted by molar-refractivity contribution is -0.117. The van der Waals surface area contributed by atoms with Crippen molar-refractivity contribution in [3.8, 4) is 0 Å². The molecule has 0 spiro atoms. The molecular formula is C17H19FN2O. The third-order valence-corrected chi connectivity index (χ3v) is 3.06. The summed E-state index contributed by atoms with van der Waals surface area (Å²) in [5, 5.41) is 2.86. The van der Waals surface area contributed by atoms with Crippen molar-refractivity contribution in [2.45, 2.75) is 13.5 Å². The summed E-state index contributed by atoms with van der Waals surface area (Å²) in [6, 6.07) is 14.1. The molecule has 0 saturated heterocycles. The maximum absolute atomic E-state index is 13.1. The Morgan fingerprint density at radius 1 is 1.19 bits per heavy atom. The van der Waals surface area contributed by atoms with E-state index in [1.54, 1.807) is 6.07 Å². The summed E-state index contributed by atoms with van der Waals surface area (Å²) in [5.74, 6) is -0.343. The molecule has 0 atom stereocenters. The van der Waals surface area contributed by atoms with Gasteiger partial charge in [-0.25, -0.2) is 4.39 Å². The molecule has 0 aliphatic heterocycles. The van der Waals surface area contributed by atoms with Gasteiger partial charge in [0.1, 0.15) is 5.82 Å². The highest BCUT2D eigenvalue weighted by Crippen LogP contribution is 2.10. The first-order valence-corrected chi connectivity index (χ1v) is 6.82. The quantitative estimate of drug-likeness (QED) is 0.915. The monoisotopic (exact) mass is 286 g/mol. The maximum atomic E-state index is 13.1. The summed E-state index contributed by atoms with van der Waals surface area (Å²) < 4.78 is 13.1. The number of amides is 1. The van der Waals surface area contributed by atoms with Gasteiger partial charge in [0.05, 0.1) is 6.54 Å². The Hall–Kier alpha value is -2.20. The van der Waals surface area contributed by atoms with Gasteiger partial charge in [-0.1, -0.05) is 24.3 Å². The fourth-order valence-corrected chi connectivity index (χ4v) is 2.17. The number of aryl methyl sites for hydroxylation is 1. The fraction of sp³-hybridized carbons (Fsp3) is 0.235. The smallest absolute Gasteiger partial charge is 0.238 e. The van der Waals surface area contributed by atoms with Gasteiger partial charge in [0.2, 0.25) is 5.91 Å². The van der Waals surface area contributed by atoms with E-state index in [-0.39, 0.29) is 18.3 Å². The van der Waals surface area contributed by atoms with Gasteiger partial charge in [0.25, 0.3) is 0 Å². The molecule has 0 bridgehead atoms. The minimum Gasteiger partial charge on any atom is -0.325 e. The minimum atomic E-state index is -0.259. The van der Waals surface area contributed by atoms with Crippen LogP contribution < -0.4 is 5.32 Å². The van der Waals surface area contributed by atoms with Gasteiger partial charge in [-0.05, 0) is 49.4 Å². The zero-order valence-corrected chi connectivity index (χ0v) is 12.3. The largest absolute Gasteiger partial charge is 0.325 e. The number of likely N-dealkylation sites (N-methyl/N-ethyl adjacent to an activating group) is 1. The summed E-state index contributed by atoms with van der Waals surface area (Å²) in [6.45, 7) is 2.76. The summed E-state index contributed by atoms with van der Waals surface area (Å²) >= 11 is 0. The van der Waals surface area contributed by atoms with Crippen molar-refractivity contribution in [2.24, 2.45) is 0 Å². The normalized spacial score (nSPS) is 10.7. The third kappa shape index (κ3) is 5.00. The number of nitrogens with one attached hydrogen (secondary N) is 1. The van der Waals surface area contributed by atoms with Crippen LogP contribution in [0.15, 0.2) is 48.5 Å². The molecule has 4 heteroatoms. The first-order valence-electron chi connectivity index (χ1n) is 6.82. The van der Waals surface area contributed by atoms with Gasteiger partial charge >= 0.3 is 0 Å². The zero-order chi connectivity index (χ0) is 15.2. The van der Waals surface area contributed by atoms with Crippen molar-refractivity contribution in [1.29, 1.82) is 0 Å². The van der Waals surface area contributed by atoms with Crippen LogP contribution in [0.5, 0.6) is 0 Å². The number of anilines is 1. The fourth-order valence-electron chi connectivity index (χ4n) is 2.17. The van der Waals surface area contributed by atoms with Crippen molar-refractivity contribution in [3.63, 3.8) is 0 Å². The van der Waals surface area contributed by atoms with Gasteiger partial charge in [-0.15, -0.1) is 0 Å². The van der Waals surface area contributed by atoms with Gasteiger partial charge in [-0.3, -0.25) is 9.69 Å². The molecule has 0 heterocycles. The van der Waals surface area contributed by atoms with Gasteiger partial charge in [-0.2, -0.15) is 0 Å². The van der Waals surface area contributed by atoms with Crippen molar-refractivity contribution in [2.75, 3.05) is 18.9 Å². The van der Waals surface area contributed by atoms with E-state index in [0.717, 1.165) is 16.8 Å². The molecule has 1 amide bonds. The predicted molar refractivity (Wildman–Crippen MR) is 82.5 cm³/mol. The molecule has 21 heavy (non-hydrogen) atoms. The van der Waals surface area contributed by atoms with Crippen LogP contribution in [0.1, 0.15) is 11.1 Å². The summed E-state index contributed by atoms with van der Waals surface area (Å²) in [4.78, 5) is 13.8. The second-order valence-electron chi connectivity index (χ2n) is 5.22. The van der Waals surface area contributed by atoms with Crippen LogP contribution in [-0.4, -0.2) is 24.4 Å². The SMILES string of the molecule is Cc1cccc(NC(=O)CN(C)Cc2cccc(F)c2)c1. The lowest BCUT2D eigenvalue weighted by Crippen LogP contribution is -2.29. The van der Waals surface area contributed by atoms with Crippen molar-refractivity contribution >= 4 is 11.6 Å². The molecule has 0 aromatic heterocycles. The molecule has 1 N–H and O–H groups in total. The van der Waals surface area contributed by atoms with Crippen LogP contribution in [0.25, 0.3) is 0 Å². The number of hydrogen-bond acceptors (Lipinski definition) is 2. The molecule has 0 saturated carbocycles. The predicted octanol–water partition coefficient (Wildman–Crippen LogP) is 3.20. The number of nitrogens with zero attached hydrogens (tertiary/aromatic N) is 1. The lowest BCUT2D eigenvalue weighted by Gasteiger charge is -2.16. The number of carbonyl (C=O) groups is 1. The second-order valence-corrected chi connectivity index (χ2v) is 5.22. The van der Waals surface area contributed by atoms with Crippen LogP contribution in [0.3, 0.4) is 0 Å². The average molecular weight is 286 g/mol. The Labute approximate surface area is 124 Å². The van der Waals surface area contributed by atoms with E-state index in [2.05, 4.69) is 5.32 Å². The van der Waals surface area contributed by atoms with Gasteiger partial charge in [0.15, 0.2) is 0 Å². The van der Waals surface area contributed by atoms with Crippen LogP contribution in [-0.2, 0) is 11.3 Å². The number of hydrogen-bond donors (Lipinski definition) is 1. The maximum Gasteiger partial charge on any atom is 0.238 e. The van der Waals surface area contributed by atoms with Crippen LogP contribution >= 0.6 is 0 Å². The van der Waals surface area contributed by atoms with E-state index in [9.17, 15) is 9.18 Å². The van der Waals surface area contributed by atoms with Crippen molar-refractivity contribution in [1.82, 2.24) is 4.90 Å². The topological polar surface area (TPSA) is 32.3 Å². The van der Waals surface area contributed by atoms with Gasteiger partial charge in [0, 0.05) is 12.2 Å². The molecular weight excluding hydrogens is 267 g/mol. The third-order valence-electron chi connectivity index (χ3n) is 3.06. The minimum absolute atomic E-state index is 0.0838. The van der Waals surface area contributed by atoms with E-state index in [0.29, 0.717) is 6.54 Å².